The summed E-state index contributed by atoms with van der Waals surface area (Å²) in [5, 5.41) is 11.4. The van der Waals surface area contributed by atoms with Crippen LogP contribution in [0.4, 0.5) is 5.69 Å². The number of methoxy groups -OCH3 is 1. The fourth-order valence-corrected chi connectivity index (χ4v) is 2.51. The summed E-state index contributed by atoms with van der Waals surface area (Å²) >= 11 is 0. The highest BCUT2D eigenvalue weighted by Crippen LogP contribution is 2.28. The lowest BCUT2D eigenvalue weighted by atomic mass is 10.1. The summed E-state index contributed by atoms with van der Waals surface area (Å²) in [7, 11) is 1.53. The number of unbranched alkanes of at least 4 members (excludes halogenated alkanes) is 1. The van der Waals surface area contributed by atoms with Crippen molar-refractivity contribution in [2.45, 2.75) is 26.2 Å². The van der Waals surface area contributed by atoms with Crippen LogP contribution in [0, 0.1) is 11.3 Å². The van der Waals surface area contributed by atoms with E-state index in [1.54, 1.807) is 24.3 Å². The van der Waals surface area contributed by atoms with Crippen LogP contribution in [0.25, 0.3) is 6.08 Å². The van der Waals surface area contributed by atoms with Crippen molar-refractivity contribution in [3.63, 3.8) is 0 Å². The number of anilines is 1. The predicted octanol–water partition coefficient (Wildman–Crippen LogP) is 4.59. The molecule has 0 heterocycles. The van der Waals surface area contributed by atoms with Crippen LogP contribution in [0.3, 0.4) is 0 Å². The topological polar surface area (TPSA) is 71.3 Å². The molecule has 0 aliphatic rings. The minimum absolute atomic E-state index is 0.0504. The van der Waals surface area contributed by atoms with E-state index in [2.05, 4.69) is 12.2 Å². The lowest BCUT2D eigenvalue weighted by molar-refractivity contribution is -0.111. The van der Waals surface area contributed by atoms with Crippen molar-refractivity contribution in [1.82, 2.24) is 0 Å². The molecule has 0 saturated carbocycles. The molecule has 0 fully saturated rings. The zero-order chi connectivity index (χ0) is 19.5. The molecular formula is C22H24N2O3. The van der Waals surface area contributed by atoms with Crippen molar-refractivity contribution in [3.8, 4) is 17.6 Å². The Labute approximate surface area is 160 Å². The number of aryl methyl sites for hydroxylation is 1. The quantitative estimate of drug-likeness (QED) is 0.661. The van der Waals surface area contributed by atoms with E-state index >= 15 is 0 Å². The van der Waals surface area contributed by atoms with Gasteiger partial charge in [-0.05, 0) is 54.3 Å². The van der Waals surface area contributed by atoms with Gasteiger partial charge in [-0.15, -0.1) is 0 Å². The van der Waals surface area contributed by atoms with E-state index in [-0.39, 0.29) is 12.5 Å². The van der Waals surface area contributed by atoms with E-state index in [0.717, 1.165) is 24.1 Å². The molecule has 0 bridgehead atoms. The molecule has 0 aromatic heterocycles. The minimum atomic E-state index is -0.208. The predicted molar refractivity (Wildman–Crippen MR) is 107 cm³/mol. The van der Waals surface area contributed by atoms with Gasteiger partial charge in [-0.25, -0.2) is 0 Å². The number of hydrogen-bond donors (Lipinski definition) is 1. The molecule has 140 valence electrons. The van der Waals surface area contributed by atoms with Crippen LogP contribution in [-0.4, -0.2) is 19.6 Å². The molecule has 27 heavy (non-hydrogen) atoms. The first-order valence-electron chi connectivity index (χ1n) is 8.92. The first-order valence-corrected chi connectivity index (χ1v) is 8.92. The summed E-state index contributed by atoms with van der Waals surface area (Å²) in [4.78, 5) is 12.1. The highest BCUT2D eigenvalue weighted by Gasteiger charge is 2.05. The summed E-state index contributed by atoms with van der Waals surface area (Å²) in [5.74, 6) is 0.791. The number of nitrogens with zero attached hydrogens (tertiary/aromatic N) is 1. The van der Waals surface area contributed by atoms with Crippen molar-refractivity contribution in [3.05, 3.63) is 59.7 Å². The molecule has 0 aliphatic heterocycles. The van der Waals surface area contributed by atoms with E-state index in [4.69, 9.17) is 14.7 Å². The van der Waals surface area contributed by atoms with Crippen LogP contribution in [0.5, 0.6) is 11.5 Å². The minimum Gasteiger partial charge on any atom is -0.493 e. The maximum atomic E-state index is 12.1. The molecule has 5 nitrogen and oxygen atoms in total. The molecule has 0 unspecified atom stereocenters. The van der Waals surface area contributed by atoms with Gasteiger partial charge in [0, 0.05) is 11.8 Å². The normalized spacial score (nSPS) is 10.4. The zero-order valence-electron chi connectivity index (χ0n) is 15.7. The van der Waals surface area contributed by atoms with Gasteiger partial charge in [0.2, 0.25) is 5.91 Å². The lowest BCUT2D eigenvalue weighted by Gasteiger charge is -2.08. The molecule has 2 rings (SSSR count). The van der Waals surface area contributed by atoms with Gasteiger partial charge in [0.1, 0.15) is 6.07 Å². The number of amides is 1. The number of nitriles is 1. The van der Waals surface area contributed by atoms with Gasteiger partial charge in [-0.1, -0.05) is 31.5 Å². The Morgan fingerprint density at radius 3 is 2.63 bits per heavy atom. The molecular weight excluding hydrogens is 340 g/mol. The van der Waals surface area contributed by atoms with E-state index in [0.29, 0.717) is 11.5 Å². The van der Waals surface area contributed by atoms with Crippen molar-refractivity contribution < 1.29 is 14.3 Å². The van der Waals surface area contributed by atoms with Crippen molar-refractivity contribution in [2.75, 3.05) is 19.0 Å². The largest absolute Gasteiger partial charge is 0.493 e. The zero-order valence-corrected chi connectivity index (χ0v) is 15.7. The second kappa shape index (κ2) is 10.7. The van der Waals surface area contributed by atoms with Gasteiger partial charge in [0.15, 0.2) is 18.1 Å². The fraction of sp³-hybridized carbons (Fsp3) is 0.273. The molecule has 1 N–H and O–H groups in total. The van der Waals surface area contributed by atoms with Gasteiger partial charge in [-0.3, -0.25) is 4.79 Å². The Kier molecular flexibility index (Phi) is 7.92. The summed E-state index contributed by atoms with van der Waals surface area (Å²) in [5.41, 5.74) is 2.83. The summed E-state index contributed by atoms with van der Waals surface area (Å²) in [6.45, 7) is 2.12. The van der Waals surface area contributed by atoms with Crippen molar-refractivity contribution >= 4 is 17.7 Å². The standard InChI is InChI=1S/C22H24N2O3/c1-3-4-5-17-6-10-19(11-7-17)24-22(25)13-9-18-8-12-20(27-15-14-23)21(16-18)26-2/h6-13,16H,3-5,15H2,1-2H3,(H,24,25). The average molecular weight is 364 g/mol. The number of carbonyl (C=O) groups excluding carboxylic acids is 1. The first kappa shape index (κ1) is 20.1. The fourth-order valence-electron chi connectivity index (χ4n) is 2.51. The highest BCUT2D eigenvalue weighted by molar-refractivity contribution is 6.01. The van der Waals surface area contributed by atoms with Gasteiger partial charge >= 0.3 is 0 Å². The smallest absolute Gasteiger partial charge is 0.248 e. The third kappa shape index (κ3) is 6.52. The molecule has 1 amide bonds. The second-order valence-electron chi connectivity index (χ2n) is 5.98. The highest BCUT2D eigenvalue weighted by atomic mass is 16.5. The molecule has 0 spiro atoms. The van der Waals surface area contributed by atoms with Crippen LogP contribution >= 0.6 is 0 Å². The number of carbonyl (C=O) groups is 1. The monoisotopic (exact) mass is 364 g/mol. The molecule has 0 aliphatic carbocycles. The summed E-state index contributed by atoms with van der Waals surface area (Å²) in [6.07, 6.45) is 6.55. The van der Waals surface area contributed by atoms with Crippen LogP contribution < -0.4 is 14.8 Å². The Hall–Kier alpha value is -3.26. The van der Waals surface area contributed by atoms with Crippen LogP contribution in [0.15, 0.2) is 48.5 Å². The maximum absolute atomic E-state index is 12.1. The van der Waals surface area contributed by atoms with Crippen molar-refractivity contribution in [2.24, 2.45) is 0 Å². The molecule has 0 atom stereocenters. The SMILES string of the molecule is CCCCc1ccc(NC(=O)C=Cc2ccc(OCC#N)c(OC)c2)cc1. The Morgan fingerprint density at radius 1 is 1.19 bits per heavy atom. The summed E-state index contributed by atoms with van der Waals surface area (Å²) in [6, 6.07) is 15.1. The first-order chi connectivity index (χ1) is 13.2. The number of benzene rings is 2. The number of rotatable bonds is 9. The Bertz CT molecular complexity index is 820. The number of nitrogens with one attached hydrogen (secondary N) is 1. The third-order valence-corrected chi connectivity index (χ3v) is 3.95. The van der Waals surface area contributed by atoms with E-state index in [9.17, 15) is 4.79 Å². The van der Waals surface area contributed by atoms with Gasteiger partial charge in [-0.2, -0.15) is 5.26 Å². The maximum Gasteiger partial charge on any atom is 0.248 e. The molecule has 2 aromatic rings. The molecule has 5 heteroatoms. The molecule has 0 radical (unpaired) electrons. The summed E-state index contributed by atoms with van der Waals surface area (Å²) < 4.78 is 10.5. The van der Waals surface area contributed by atoms with Crippen molar-refractivity contribution in [1.29, 1.82) is 5.26 Å². The van der Waals surface area contributed by atoms with Crippen LogP contribution in [0.1, 0.15) is 30.9 Å². The average Bonchev–Trinajstić information content (AvgIpc) is 2.70. The number of hydrogen-bond acceptors (Lipinski definition) is 4. The van der Waals surface area contributed by atoms with Crippen LogP contribution in [0.2, 0.25) is 0 Å². The van der Waals surface area contributed by atoms with E-state index in [1.165, 1.54) is 25.2 Å². The van der Waals surface area contributed by atoms with E-state index < -0.39 is 0 Å². The number of ether oxygens (including phenoxy) is 2. The van der Waals surface area contributed by atoms with Gasteiger partial charge in [0.25, 0.3) is 0 Å². The molecule has 2 aromatic carbocycles. The lowest BCUT2D eigenvalue weighted by Crippen LogP contribution is -2.07. The van der Waals surface area contributed by atoms with Gasteiger partial charge < -0.3 is 14.8 Å². The Balaban J connectivity index is 1.96. The molecule has 0 saturated heterocycles. The second-order valence-corrected chi connectivity index (χ2v) is 5.98. The van der Waals surface area contributed by atoms with Crippen LogP contribution in [-0.2, 0) is 11.2 Å². The van der Waals surface area contributed by atoms with E-state index in [1.807, 2.05) is 30.3 Å². The third-order valence-electron chi connectivity index (χ3n) is 3.95. The van der Waals surface area contributed by atoms with Gasteiger partial charge in [0.05, 0.1) is 7.11 Å². The Morgan fingerprint density at radius 2 is 1.96 bits per heavy atom.